The van der Waals surface area contributed by atoms with Crippen molar-refractivity contribution >= 4 is 5.97 Å². The fourth-order valence-corrected chi connectivity index (χ4v) is 1.86. The fraction of sp³-hybridized carbons (Fsp3) is 0.875. The van der Waals surface area contributed by atoms with Gasteiger partial charge in [0.25, 0.3) is 5.97 Å². The van der Waals surface area contributed by atoms with Crippen LogP contribution in [-0.4, -0.2) is 29.6 Å². The summed E-state index contributed by atoms with van der Waals surface area (Å²) in [7, 11) is 0. The van der Waals surface area contributed by atoms with Crippen LogP contribution in [0.15, 0.2) is 0 Å². The quantitative estimate of drug-likeness (QED) is 0.536. The predicted octanol–water partition coefficient (Wildman–Crippen LogP) is 1.13. The number of hydrogen-bond acceptors (Lipinski definition) is 4. The molecular weight excluding hydrogens is 377 g/mol. The van der Waals surface area contributed by atoms with Gasteiger partial charge in [0.2, 0.25) is 0 Å². The molecule has 0 saturated carbocycles. The molecule has 0 radical (unpaired) electrons. The van der Waals surface area contributed by atoms with Gasteiger partial charge >= 0.3 is 76.9 Å². The second-order valence-electron chi connectivity index (χ2n) is 3.26. The van der Waals surface area contributed by atoms with E-state index in [1.807, 2.05) is 6.92 Å². The van der Waals surface area contributed by atoms with Gasteiger partial charge in [-0.25, -0.2) is 0 Å². The monoisotopic (exact) mass is 393 g/mol. The molecule has 0 aliphatic carbocycles. The third kappa shape index (κ3) is 6.70. The van der Waals surface area contributed by atoms with E-state index in [2.05, 4.69) is 6.92 Å². The Bertz CT molecular complexity index is 183. The van der Waals surface area contributed by atoms with Crippen molar-refractivity contribution in [3.8, 4) is 0 Å². The van der Waals surface area contributed by atoms with Gasteiger partial charge in [-0.2, -0.15) is 0 Å². The van der Waals surface area contributed by atoms with Crippen LogP contribution < -0.4 is 0 Å². The molecular formula is C8H15HgO5. The van der Waals surface area contributed by atoms with Gasteiger partial charge < -0.3 is 5.11 Å². The van der Waals surface area contributed by atoms with Crippen LogP contribution in [0, 0.1) is 0 Å². The molecule has 79 valence electrons. The van der Waals surface area contributed by atoms with E-state index in [-0.39, 0.29) is 11.9 Å². The standard InChI is InChI=1S/C6H11O3.C2H4O2.Hg/c1-5-8-6(2,3)4-7-9-5;1-2(3)4;/h5H,2,4H2,1,3H3;1H3,(H,3,4);/t5-,6-;;/m1../s1. The van der Waals surface area contributed by atoms with Crippen molar-refractivity contribution in [3.63, 3.8) is 0 Å². The first-order valence-electron chi connectivity index (χ1n) is 4.34. The third-order valence-electron chi connectivity index (χ3n) is 1.55. The molecule has 1 rings (SSSR count). The third-order valence-corrected chi connectivity index (χ3v) is 5.66. The minimum absolute atomic E-state index is 0.0687. The van der Waals surface area contributed by atoms with Crippen LogP contribution in [-0.2, 0) is 45.4 Å². The zero-order valence-corrected chi connectivity index (χ0v) is 14.3. The molecule has 0 aromatic carbocycles. The summed E-state index contributed by atoms with van der Waals surface area (Å²) >= 11 is 0.761. The second-order valence-corrected chi connectivity index (χ2v) is 5.21. The average Bonchev–Trinajstić information content (AvgIpc) is 2.03. The maximum absolute atomic E-state index is 9.00. The molecule has 0 bridgehead atoms. The Balaban J connectivity index is 0.000000364. The molecule has 14 heavy (non-hydrogen) atoms. The summed E-state index contributed by atoms with van der Waals surface area (Å²) in [6, 6.07) is 0. The molecule has 0 aromatic heterocycles. The van der Waals surface area contributed by atoms with Gasteiger partial charge in [0.1, 0.15) is 0 Å². The molecule has 1 N–H and O–H groups in total. The molecule has 1 aliphatic rings. The van der Waals surface area contributed by atoms with E-state index >= 15 is 0 Å². The molecule has 1 aliphatic heterocycles. The molecule has 6 heteroatoms. The summed E-state index contributed by atoms with van der Waals surface area (Å²) in [4.78, 5) is 18.7. The van der Waals surface area contributed by atoms with Gasteiger partial charge in [-0.1, -0.05) is 0 Å². The Morgan fingerprint density at radius 1 is 1.71 bits per heavy atom. The van der Waals surface area contributed by atoms with Crippen molar-refractivity contribution in [2.75, 3.05) is 6.61 Å². The van der Waals surface area contributed by atoms with E-state index in [1.165, 1.54) is 0 Å². The second kappa shape index (κ2) is 6.71. The first kappa shape index (κ1) is 14.3. The molecule has 1 fully saturated rings. The normalized spacial score (nSPS) is 31.6. The van der Waals surface area contributed by atoms with E-state index in [1.54, 1.807) is 0 Å². The average molecular weight is 392 g/mol. The van der Waals surface area contributed by atoms with E-state index in [0.717, 1.165) is 37.0 Å². The van der Waals surface area contributed by atoms with Crippen LogP contribution in [0.4, 0.5) is 0 Å². The molecule has 0 aromatic rings. The summed E-state index contributed by atoms with van der Waals surface area (Å²) in [6.45, 7) is 5.57. The van der Waals surface area contributed by atoms with Crippen LogP contribution >= 0.6 is 0 Å². The summed E-state index contributed by atoms with van der Waals surface area (Å²) in [6.07, 6.45) is -0.206. The molecule has 0 spiro atoms. The van der Waals surface area contributed by atoms with Gasteiger partial charge in [-0.3, -0.25) is 4.79 Å². The van der Waals surface area contributed by atoms with Gasteiger partial charge in [0.05, 0.1) is 0 Å². The Labute approximate surface area is 99.6 Å². The number of carboxylic acid groups (broad SMARTS) is 1. The number of carboxylic acids is 1. The zero-order chi connectivity index (χ0) is 11.2. The topological polar surface area (TPSA) is 65.0 Å². The Morgan fingerprint density at radius 2 is 2.21 bits per heavy atom. The van der Waals surface area contributed by atoms with Gasteiger partial charge in [0.15, 0.2) is 0 Å². The van der Waals surface area contributed by atoms with E-state index in [0.29, 0.717) is 6.61 Å². The van der Waals surface area contributed by atoms with Crippen molar-refractivity contribution in [1.82, 2.24) is 0 Å². The van der Waals surface area contributed by atoms with E-state index in [4.69, 9.17) is 24.4 Å². The van der Waals surface area contributed by atoms with Crippen molar-refractivity contribution in [2.45, 2.75) is 36.6 Å². The van der Waals surface area contributed by atoms with Gasteiger partial charge in [-0.15, -0.1) is 0 Å². The number of rotatable bonds is 1. The number of hydrogen-bond donors (Lipinski definition) is 1. The van der Waals surface area contributed by atoms with Crippen molar-refractivity contribution in [1.29, 1.82) is 0 Å². The van der Waals surface area contributed by atoms with Crippen LogP contribution in [0.5, 0.6) is 0 Å². The van der Waals surface area contributed by atoms with E-state index in [9.17, 15) is 0 Å². The minimum atomic E-state index is -0.833. The summed E-state index contributed by atoms with van der Waals surface area (Å²) in [5.41, 5.74) is -0.0687. The SMILES string of the molecule is CC(=O)O.C[C@H]1OOC[C@](C)([CH2][Hg])O1. The van der Waals surface area contributed by atoms with Crippen LogP contribution in [0.25, 0.3) is 0 Å². The summed E-state index contributed by atoms with van der Waals surface area (Å²) < 4.78 is 6.66. The molecule has 0 unspecified atom stereocenters. The molecule has 1 heterocycles. The first-order chi connectivity index (χ1) is 6.39. The van der Waals surface area contributed by atoms with Crippen molar-refractivity contribution in [3.05, 3.63) is 0 Å². The molecule has 2 atom stereocenters. The van der Waals surface area contributed by atoms with Crippen LogP contribution in [0.1, 0.15) is 20.8 Å². The van der Waals surface area contributed by atoms with E-state index < -0.39 is 5.97 Å². The Morgan fingerprint density at radius 3 is 2.50 bits per heavy atom. The van der Waals surface area contributed by atoms with Crippen molar-refractivity contribution < 1.29 is 50.5 Å². The molecule has 5 nitrogen and oxygen atoms in total. The van der Waals surface area contributed by atoms with Crippen LogP contribution in [0.3, 0.4) is 0 Å². The van der Waals surface area contributed by atoms with Gasteiger partial charge in [0, 0.05) is 6.92 Å². The first-order valence-corrected chi connectivity index (χ1v) is 8.23. The molecule has 1 saturated heterocycles. The van der Waals surface area contributed by atoms with Crippen LogP contribution in [0.2, 0.25) is 3.93 Å². The summed E-state index contributed by atoms with van der Waals surface area (Å²) in [5, 5.41) is 7.42. The zero-order valence-electron chi connectivity index (χ0n) is 8.78. The Kier molecular flexibility index (Phi) is 6.85. The summed E-state index contributed by atoms with van der Waals surface area (Å²) in [5.74, 6) is -0.833. The molecule has 0 amide bonds. The Hall–Kier alpha value is 0.285. The fourth-order valence-electron chi connectivity index (χ4n) is 0.840. The van der Waals surface area contributed by atoms with Crippen molar-refractivity contribution in [2.24, 2.45) is 0 Å². The predicted molar refractivity (Wildman–Crippen MR) is 44.1 cm³/mol. The number of carbonyl (C=O) groups is 1. The maximum atomic E-state index is 9.00. The van der Waals surface area contributed by atoms with Gasteiger partial charge in [-0.05, 0) is 0 Å². The number of aliphatic carboxylic acids is 1. The number of ether oxygens (including phenoxy) is 1.